The third-order valence-corrected chi connectivity index (χ3v) is 8.03. The van der Waals surface area contributed by atoms with Crippen LogP contribution in [0.3, 0.4) is 0 Å². The van der Waals surface area contributed by atoms with E-state index in [4.69, 9.17) is 0 Å². The molecular formula is C14H17NO5SSn-. The fourth-order valence-electron chi connectivity index (χ4n) is 1.64. The van der Waals surface area contributed by atoms with Gasteiger partial charge in [0.15, 0.2) is 0 Å². The third-order valence-electron chi connectivity index (χ3n) is 2.53. The third kappa shape index (κ3) is 6.30. The number of nitrogens with one attached hydrogen (secondary N) is 1. The maximum atomic E-state index is 11.3. The number of benzene rings is 2. The number of aromatic hydroxyl groups is 1. The molecule has 2 N–H and O–H groups in total. The average Bonchev–Trinajstić information content (AvgIpc) is 2.45. The van der Waals surface area contributed by atoms with Gasteiger partial charge in [0.05, 0.1) is 12.7 Å². The summed E-state index contributed by atoms with van der Waals surface area (Å²) in [7, 11) is 1.35. The number of esters is 1. The van der Waals surface area contributed by atoms with Crippen molar-refractivity contribution >= 4 is 48.0 Å². The molecule has 6 nitrogen and oxygen atoms in total. The molecular weight excluding hydrogens is 413 g/mol. The molecule has 0 spiro atoms. The van der Waals surface area contributed by atoms with Crippen molar-refractivity contribution in [3.63, 3.8) is 0 Å². The molecule has 0 amide bonds. The molecule has 0 aliphatic rings. The summed E-state index contributed by atoms with van der Waals surface area (Å²) in [5.41, 5.74) is 0.510. The van der Waals surface area contributed by atoms with E-state index in [-0.39, 0.29) is 11.7 Å². The van der Waals surface area contributed by atoms with Crippen molar-refractivity contribution in [2.45, 2.75) is 9.88 Å². The van der Waals surface area contributed by atoms with Crippen LogP contribution >= 0.6 is 0 Å². The summed E-state index contributed by atoms with van der Waals surface area (Å²) in [5, 5.41) is 11.1. The van der Waals surface area contributed by atoms with Gasteiger partial charge in [0.1, 0.15) is 5.75 Å². The minimum atomic E-state index is -2.01. The molecule has 2 rings (SSSR count). The topological polar surface area (TPSA) is 98.7 Å². The van der Waals surface area contributed by atoms with Crippen molar-refractivity contribution in [1.29, 1.82) is 0 Å². The number of phenolic OH excluding ortho intramolecular Hbond substituents is 1. The van der Waals surface area contributed by atoms with Gasteiger partial charge in [0, 0.05) is 0 Å². The Bertz CT molecular complexity index is 677. The molecule has 2 aromatic carbocycles. The van der Waals surface area contributed by atoms with Crippen molar-refractivity contribution in [1.82, 2.24) is 2.94 Å². The Morgan fingerprint density at radius 2 is 1.82 bits per heavy atom. The first-order chi connectivity index (χ1) is 10.3. The van der Waals surface area contributed by atoms with Crippen molar-refractivity contribution in [3.8, 4) is 5.75 Å². The molecule has 1 radical (unpaired) electrons. The van der Waals surface area contributed by atoms with Gasteiger partial charge >= 0.3 is 58.9 Å². The van der Waals surface area contributed by atoms with Crippen LogP contribution in [0.25, 0.3) is 10.8 Å². The van der Waals surface area contributed by atoms with E-state index >= 15 is 0 Å². The first-order valence-electron chi connectivity index (χ1n) is 6.30. The molecule has 0 aliphatic carbocycles. The molecule has 0 saturated heterocycles. The second-order valence-electron chi connectivity index (χ2n) is 4.57. The number of phenols is 1. The van der Waals surface area contributed by atoms with E-state index in [1.807, 2.05) is 9.88 Å². The Hall–Kier alpha value is -1.16. The number of fused-ring (bicyclic) bond motifs is 1. The fraction of sp³-hybridized carbons (Fsp3) is 0.214. The number of methoxy groups -OCH3 is 1. The molecule has 0 bridgehead atoms. The first kappa shape index (κ1) is 18.9. The van der Waals surface area contributed by atoms with E-state index in [0.717, 1.165) is 10.8 Å². The zero-order chi connectivity index (χ0) is 16.7. The summed E-state index contributed by atoms with van der Waals surface area (Å²) in [6.07, 6.45) is 0. The predicted octanol–water partition coefficient (Wildman–Crippen LogP) is 1.95. The molecule has 0 aliphatic heterocycles. The Labute approximate surface area is 139 Å². The van der Waals surface area contributed by atoms with Crippen LogP contribution in [0.1, 0.15) is 10.4 Å². The Morgan fingerprint density at radius 1 is 1.23 bits per heavy atom. The fourth-order valence-corrected chi connectivity index (χ4v) is 4.83. The first-order valence-corrected chi connectivity index (χ1v) is 14.5. The summed E-state index contributed by atoms with van der Waals surface area (Å²) < 4.78 is 26.5. The van der Waals surface area contributed by atoms with E-state index in [9.17, 15) is 18.7 Å². The van der Waals surface area contributed by atoms with Crippen LogP contribution in [0.4, 0.5) is 0 Å². The zero-order valence-electron chi connectivity index (χ0n) is 12.5. The quantitative estimate of drug-likeness (QED) is 0.441. The SMILES string of the molecule is COC(=O)c1ccc2cc(O)ccc2c1.[CH3][Sn]([CH3])[NH]S(=O)[O-]. The Kier molecular flexibility index (Phi) is 7.80. The molecule has 0 fully saturated rings. The molecule has 119 valence electrons. The second kappa shape index (κ2) is 9.08. The van der Waals surface area contributed by atoms with Gasteiger partial charge in [-0.2, -0.15) is 0 Å². The normalized spacial score (nSPS) is 11.7. The van der Waals surface area contributed by atoms with E-state index in [1.54, 1.807) is 36.4 Å². The van der Waals surface area contributed by atoms with Gasteiger partial charge in [-0.1, -0.05) is 12.1 Å². The van der Waals surface area contributed by atoms with Gasteiger partial charge in [0.2, 0.25) is 0 Å². The molecule has 22 heavy (non-hydrogen) atoms. The summed E-state index contributed by atoms with van der Waals surface area (Å²) >= 11 is -3.56. The number of carbonyl (C=O) groups excluding carboxylic acids is 1. The predicted molar refractivity (Wildman–Crippen MR) is 86.5 cm³/mol. The van der Waals surface area contributed by atoms with E-state index < -0.39 is 31.3 Å². The minimum absolute atomic E-state index is 0.216. The van der Waals surface area contributed by atoms with Crippen LogP contribution in [0.5, 0.6) is 5.75 Å². The van der Waals surface area contributed by atoms with Crippen molar-refractivity contribution in [3.05, 3.63) is 42.0 Å². The van der Waals surface area contributed by atoms with Gasteiger partial charge in [-0.3, -0.25) is 0 Å². The molecule has 8 heteroatoms. The average molecular weight is 430 g/mol. The van der Waals surface area contributed by atoms with Crippen LogP contribution < -0.4 is 2.94 Å². The number of hydrogen-bond acceptors (Lipinski definition) is 5. The number of hydrogen-bond donors (Lipinski definition) is 2. The number of carbonyl (C=O) groups is 1. The Balaban J connectivity index is 0.000000295. The van der Waals surface area contributed by atoms with Gasteiger partial charge in [-0.05, 0) is 35.0 Å². The standard InChI is InChI=1S/C12H10O3.2CH3.H2NO2S.Sn/c1-15-12(14)10-3-2-9-7-11(13)5-4-8(9)6-10;;;1-4(2)3;/h2-7,13H,1H3;2*1H3;1H,(H,2,3);/q;;;-1;+1/p-1. The van der Waals surface area contributed by atoms with Gasteiger partial charge in [0.25, 0.3) is 0 Å². The van der Waals surface area contributed by atoms with Crippen LogP contribution in [0, 0.1) is 0 Å². The van der Waals surface area contributed by atoms with Gasteiger partial charge in [-0.15, -0.1) is 0 Å². The number of rotatable bonds is 3. The van der Waals surface area contributed by atoms with Crippen LogP contribution in [0.15, 0.2) is 36.4 Å². The van der Waals surface area contributed by atoms with Crippen molar-refractivity contribution < 1.29 is 23.4 Å². The molecule has 0 saturated carbocycles. The molecule has 2 aromatic rings. The van der Waals surface area contributed by atoms with Gasteiger partial charge in [-0.25, -0.2) is 4.79 Å². The van der Waals surface area contributed by atoms with Crippen molar-refractivity contribution in [2.24, 2.45) is 0 Å². The summed E-state index contributed by atoms with van der Waals surface area (Å²) in [6.45, 7) is 0. The summed E-state index contributed by atoms with van der Waals surface area (Å²) in [4.78, 5) is 15.2. The van der Waals surface area contributed by atoms with Gasteiger partial charge < -0.3 is 9.84 Å². The molecule has 1 unspecified atom stereocenters. The molecule has 0 heterocycles. The van der Waals surface area contributed by atoms with Crippen LogP contribution in [0.2, 0.25) is 9.88 Å². The summed E-state index contributed by atoms with van der Waals surface area (Å²) in [6, 6.07) is 10.2. The summed E-state index contributed by atoms with van der Waals surface area (Å²) in [5.74, 6) is -0.140. The number of ether oxygens (including phenoxy) is 1. The maximum absolute atomic E-state index is 11.3. The van der Waals surface area contributed by atoms with E-state index in [2.05, 4.69) is 7.68 Å². The van der Waals surface area contributed by atoms with Crippen LogP contribution in [-0.4, -0.2) is 47.0 Å². The molecule has 1 atom stereocenters. The van der Waals surface area contributed by atoms with E-state index in [0.29, 0.717) is 5.56 Å². The monoisotopic (exact) mass is 431 g/mol. The molecule has 0 aromatic heterocycles. The Morgan fingerprint density at radius 3 is 2.32 bits per heavy atom. The van der Waals surface area contributed by atoms with Crippen molar-refractivity contribution in [2.75, 3.05) is 7.11 Å². The van der Waals surface area contributed by atoms with E-state index in [1.165, 1.54) is 7.11 Å². The second-order valence-corrected chi connectivity index (χ2v) is 12.7. The van der Waals surface area contributed by atoms with Crippen LogP contribution in [-0.2, 0) is 16.0 Å². The zero-order valence-corrected chi connectivity index (χ0v) is 16.1.